The molecule has 4 heterocycles. The van der Waals surface area contributed by atoms with Gasteiger partial charge in [0.25, 0.3) is 10.0 Å². The fraction of sp³-hybridized carbons (Fsp3) is 0.765. The van der Waals surface area contributed by atoms with Crippen LogP contribution in [0.2, 0.25) is 0 Å². The van der Waals surface area contributed by atoms with E-state index in [0.29, 0.717) is 35.2 Å². The number of fused-ring (bicyclic) bond motifs is 1. The third-order valence-electron chi connectivity index (χ3n) is 5.91. The molecule has 4 rings (SSSR count). The van der Waals surface area contributed by atoms with Gasteiger partial charge in [-0.25, -0.2) is 8.42 Å². The molecular formula is C17H26N2O3S2. The summed E-state index contributed by atoms with van der Waals surface area (Å²) in [6.45, 7) is 4.17. The third kappa shape index (κ3) is 2.48. The van der Waals surface area contributed by atoms with Crippen molar-refractivity contribution >= 4 is 21.4 Å². The van der Waals surface area contributed by atoms with E-state index in [1.54, 1.807) is 10.4 Å². The van der Waals surface area contributed by atoms with Crippen LogP contribution in [0.4, 0.5) is 0 Å². The Morgan fingerprint density at radius 3 is 2.88 bits per heavy atom. The van der Waals surface area contributed by atoms with Crippen LogP contribution in [0.3, 0.4) is 0 Å². The maximum atomic E-state index is 13.1. The largest absolute Gasteiger partial charge is 0.370 e. The van der Waals surface area contributed by atoms with Crippen LogP contribution in [0.5, 0.6) is 0 Å². The third-order valence-corrected chi connectivity index (χ3v) is 9.42. The Hall–Kier alpha value is -0.470. The maximum Gasteiger partial charge on any atom is 0.252 e. The topological polar surface area (TPSA) is 49.9 Å². The fourth-order valence-corrected chi connectivity index (χ4v) is 7.78. The van der Waals surface area contributed by atoms with Gasteiger partial charge in [0.1, 0.15) is 4.21 Å². The molecule has 2 bridgehead atoms. The molecule has 3 saturated heterocycles. The molecule has 24 heavy (non-hydrogen) atoms. The van der Waals surface area contributed by atoms with Crippen LogP contribution in [-0.2, 0) is 21.2 Å². The molecular weight excluding hydrogens is 344 g/mol. The average molecular weight is 371 g/mol. The van der Waals surface area contributed by atoms with E-state index in [9.17, 15) is 8.42 Å². The Kier molecular flexibility index (Phi) is 4.08. The zero-order chi connectivity index (χ0) is 17.1. The van der Waals surface area contributed by atoms with Gasteiger partial charge in [0.2, 0.25) is 0 Å². The molecule has 5 nitrogen and oxygen atoms in total. The molecule has 0 saturated carbocycles. The maximum absolute atomic E-state index is 13.1. The summed E-state index contributed by atoms with van der Waals surface area (Å²) in [6, 6.07) is 3.70. The van der Waals surface area contributed by atoms with Crippen molar-refractivity contribution in [3.05, 3.63) is 17.0 Å². The second-order valence-electron chi connectivity index (χ2n) is 7.66. The number of hydrogen-bond acceptors (Lipinski definition) is 5. The van der Waals surface area contributed by atoms with Crippen LogP contribution in [0, 0.1) is 11.8 Å². The van der Waals surface area contributed by atoms with Gasteiger partial charge >= 0.3 is 0 Å². The molecule has 3 aliphatic heterocycles. The molecule has 3 aliphatic rings. The van der Waals surface area contributed by atoms with Crippen LogP contribution < -0.4 is 0 Å². The van der Waals surface area contributed by atoms with Crippen LogP contribution in [0.15, 0.2) is 16.3 Å². The van der Waals surface area contributed by atoms with Gasteiger partial charge in [-0.15, -0.1) is 11.3 Å². The Morgan fingerprint density at radius 2 is 2.21 bits per heavy atom. The van der Waals surface area contributed by atoms with Crippen molar-refractivity contribution in [2.75, 3.05) is 33.7 Å². The van der Waals surface area contributed by atoms with E-state index in [1.165, 1.54) is 11.3 Å². The first-order valence-electron chi connectivity index (χ1n) is 8.77. The lowest BCUT2D eigenvalue weighted by atomic mass is 9.73. The molecule has 0 aromatic carbocycles. The summed E-state index contributed by atoms with van der Waals surface area (Å²) in [6.07, 6.45) is 3.27. The quantitative estimate of drug-likeness (QED) is 0.796. The highest BCUT2D eigenvalue weighted by atomic mass is 32.2. The zero-order valence-electron chi connectivity index (χ0n) is 14.6. The first-order valence-corrected chi connectivity index (χ1v) is 11.0. The fourth-order valence-electron chi connectivity index (χ4n) is 4.81. The highest BCUT2D eigenvalue weighted by Gasteiger charge is 2.64. The first kappa shape index (κ1) is 17.0. The van der Waals surface area contributed by atoms with E-state index in [-0.39, 0.29) is 5.60 Å². The highest BCUT2D eigenvalue weighted by molar-refractivity contribution is 7.91. The number of sulfonamides is 1. The van der Waals surface area contributed by atoms with Gasteiger partial charge in [0.05, 0.1) is 11.7 Å². The average Bonchev–Trinajstić information content (AvgIpc) is 3.27. The lowest BCUT2D eigenvalue weighted by Gasteiger charge is -2.31. The van der Waals surface area contributed by atoms with Gasteiger partial charge in [-0.05, 0) is 45.5 Å². The van der Waals surface area contributed by atoms with E-state index in [0.717, 1.165) is 30.7 Å². The van der Waals surface area contributed by atoms with Crippen LogP contribution in [-0.4, -0.2) is 63.1 Å². The lowest BCUT2D eigenvalue weighted by molar-refractivity contribution is 0.00740. The summed E-state index contributed by atoms with van der Waals surface area (Å²) in [5.74, 6) is 0.780. The van der Waals surface area contributed by atoms with Gasteiger partial charge in [0.15, 0.2) is 0 Å². The Balaban J connectivity index is 1.59. The van der Waals surface area contributed by atoms with Crippen molar-refractivity contribution in [3.63, 3.8) is 0 Å². The summed E-state index contributed by atoms with van der Waals surface area (Å²) < 4.78 is 34.7. The molecule has 1 aromatic heterocycles. The first-order chi connectivity index (χ1) is 11.4. The predicted molar refractivity (Wildman–Crippen MR) is 94.8 cm³/mol. The second-order valence-corrected chi connectivity index (χ2v) is 11.0. The molecule has 134 valence electrons. The normalized spacial score (nSPS) is 35.9. The van der Waals surface area contributed by atoms with Crippen molar-refractivity contribution in [1.82, 2.24) is 9.21 Å². The van der Waals surface area contributed by atoms with E-state index in [2.05, 4.69) is 25.9 Å². The summed E-state index contributed by atoms with van der Waals surface area (Å²) in [5, 5.41) is 0. The molecule has 0 N–H and O–H groups in total. The highest BCUT2D eigenvalue weighted by Crippen LogP contribution is 2.55. The Labute approximate surface area is 148 Å². The predicted octanol–water partition coefficient (Wildman–Crippen LogP) is 2.04. The van der Waals surface area contributed by atoms with E-state index in [1.807, 2.05) is 6.07 Å². The number of thiophene rings is 1. The van der Waals surface area contributed by atoms with Gasteiger partial charge in [-0.3, -0.25) is 0 Å². The van der Waals surface area contributed by atoms with Crippen molar-refractivity contribution in [2.45, 2.75) is 42.1 Å². The standard InChI is InChI=1S/C17H26N2O3S2/c1-4-12-5-6-16(23-12)24(20,21)19-10-14-13(9-18(2)3)15-7-8-17(14,11-19)22-15/h5-6,13-15H,4,7-11H2,1-3H3/t13-,14+,15+,17+/m0/s1. The number of hydrogen-bond donors (Lipinski definition) is 0. The van der Waals surface area contributed by atoms with Crippen LogP contribution in [0.25, 0.3) is 0 Å². The SMILES string of the molecule is CCc1ccc(S(=O)(=O)N2C[C@@H]3[C@H](CN(C)C)[C@H]4CC[C@]3(C2)O4)s1. The van der Waals surface area contributed by atoms with Gasteiger partial charge < -0.3 is 9.64 Å². The number of aryl methyl sites for hydroxylation is 1. The minimum Gasteiger partial charge on any atom is -0.370 e. The summed E-state index contributed by atoms with van der Waals surface area (Å²) >= 11 is 1.40. The van der Waals surface area contributed by atoms with Crippen molar-refractivity contribution in [2.24, 2.45) is 11.8 Å². The zero-order valence-corrected chi connectivity index (χ0v) is 16.2. The van der Waals surface area contributed by atoms with E-state index in [4.69, 9.17) is 4.74 Å². The summed E-state index contributed by atoms with van der Waals surface area (Å²) in [4.78, 5) is 3.32. The molecule has 4 atom stereocenters. The minimum absolute atomic E-state index is 0.233. The second kappa shape index (κ2) is 5.77. The molecule has 0 unspecified atom stereocenters. The number of ether oxygens (including phenoxy) is 1. The van der Waals surface area contributed by atoms with Crippen molar-refractivity contribution in [1.29, 1.82) is 0 Å². The molecule has 0 radical (unpaired) electrons. The van der Waals surface area contributed by atoms with Crippen LogP contribution >= 0.6 is 11.3 Å². The minimum atomic E-state index is -3.39. The summed E-state index contributed by atoms with van der Waals surface area (Å²) in [7, 11) is 0.773. The Bertz CT molecular complexity index is 730. The molecule has 1 aromatic rings. The Morgan fingerprint density at radius 1 is 1.42 bits per heavy atom. The van der Waals surface area contributed by atoms with Crippen molar-refractivity contribution < 1.29 is 13.2 Å². The number of rotatable bonds is 5. The summed E-state index contributed by atoms with van der Waals surface area (Å²) in [5.41, 5.74) is -0.233. The molecule has 0 amide bonds. The monoisotopic (exact) mass is 370 g/mol. The van der Waals surface area contributed by atoms with Gasteiger partial charge in [-0.2, -0.15) is 4.31 Å². The van der Waals surface area contributed by atoms with E-state index < -0.39 is 10.0 Å². The molecule has 3 fully saturated rings. The van der Waals surface area contributed by atoms with Crippen molar-refractivity contribution in [3.8, 4) is 0 Å². The van der Waals surface area contributed by atoms with Gasteiger partial charge in [0, 0.05) is 36.3 Å². The van der Waals surface area contributed by atoms with Gasteiger partial charge in [-0.1, -0.05) is 6.92 Å². The molecule has 7 heteroatoms. The van der Waals surface area contributed by atoms with E-state index >= 15 is 0 Å². The smallest absolute Gasteiger partial charge is 0.252 e. The number of nitrogens with zero attached hydrogens (tertiary/aromatic N) is 2. The lowest BCUT2D eigenvalue weighted by Crippen LogP contribution is -2.40. The molecule has 1 spiro atoms. The molecule has 0 aliphatic carbocycles. The van der Waals surface area contributed by atoms with Crippen LogP contribution in [0.1, 0.15) is 24.6 Å².